The Morgan fingerprint density at radius 3 is 2.56 bits per heavy atom. The lowest BCUT2D eigenvalue weighted by Crippen LogP contribution is -3.12. The van der Waals surface area contributed by atoms with Gasteiger partial charge in [-0.15, -0.1) is 0 Å². The van der Waals surface area contributed by atoms with Gasteiger partial charge in [0.05, 0.1) is 40.9 Å². The fourth-order valence-corrected chi connectivity index (χ4v) is 2.81. The highest BCUT2D eigenvalue weighted by atomic mass is 35.5. The van der Waals surface area contributed by atoms with Crippen LogP contribution in [0.5, 0.6) is 5.75 Å². The smallest absolute Gasteiger partial charge is 0.282 e. The summed E-state index contributed by atoms with van der Waals surface area (Å²) in [6.07, 6.45) is 0. The Labute approximate surface area is 167 Å². The Morgan fingerprint density at radius 2 is 1.96 bits per heavy atom. The molecule has 1 amide bonds. The first-order valence-electron chi connectivity index (χ1n) is 8.12. The number of halogens is 2. The number of nitrogens with zero attached hydrogens (tertiary/aromatic N) is 1. The number of amides is 1. The van der Waals surface area contributed by atoms with Crippen molar-refractivity contribution in [3.63, 3.8) is 0 Å². The zero-order chi connectivity index (χ0) is 20.1. The number of ether oxygens (including phenoxy) is 1. The Morgan fingerprint density at radius 1 is 1.26 bits per heavy atom. The lowest BCUT2D eigenvalue weighted by molar-refractivity contribution is -0.907. The van der Waals surface area contributed by atoms with Gasteiger partial charge in [-0.05, 0) is 25.1 Å². The number of rotatable bonds is 7. The number of nitro groups is 1. The van der Waals surface area contributed by atoms with E-state index in [9.17, 15) is 14.9 Å². The molecule has 2 aromatic rings. The van der Waals surface area contributed by atoms with Gasteiger partial charge in [-0.1, -0.05) is 29.3 Å². The number of carbonyl (C=O) groups excluding carboxylic acids is 1. The van der Waals surface area contributed by atoms with E-state index in [1.807, 2.05) is 13.1 Å². The number of carbonyl (C=O) groups is 1. The van der Waals surface area contributed by atoms with Crippen molar-refractivity contribution in [2.45, 2.75) is 19.5 Å². The van der Waals surface area contributed by atoms with Gasteiger partial charge in [0.2, 0.25) is 0 Å². The summed E-state index contributed by atoms with van der Waals surface area (Å²) in [6.45, 7) is 2.36. The molecule has 2 aromatic carbocycles. The Kier molecular flexibility index (Phi) is 7.01. The summed E-state index contributed by atoms with van der Waals surface area (Å²) in [5.41, 5.74) is 1.22. The van der Waals surface area contributed by atoms with Gasteiger partial charge in [0, 0.05) is 11.6 Å². The average molecular weight is 413 g/mol. The van der Waals surface area contributed by atoms with Crippen LogP contribution in [-0.4, -0.2) is 31.0 Å². The summed E-state index contributed by atoms with van der Waals surface area (Å²) in [5, 5.41) is 14.6. The Hall–Kier alpha value is -2.35. The second-order valence-corrected chi connectivity index (χ2v) is 6.94. The minimum absolute atomic E-state index is 0.111. The van der Waals surface area contributed by atoms with E-state index in [0.29, 0.717) is 22.3 Å². The maximum atomic E-state index is 12.6. The molecule has 0 saturated heterocycles. The number of hydrogen-bond donors (Lipinski definition) is 2. The van der Waals surface area contributed by atoms with E-state index in [-0.39, 0.29) is 23.4 Å². The lowest BCUT2D eigenvalue weighted by Gasteiger charge is -2.21. The summed E-state index contributed by atoms with van der Waals surface area (Å²) in [5.74, 6) is -0.00778. The van der Waals surface area contributed by atoms with Gasteiger partial charge in [0.1, 0.15) is 12.3 Å². The van der Waals surface area contributed by atoms with Crippen LogP contribution < -0.4 is 15.0 Å². The summed E-state index contributed by atoms with van der Waals surface area (Å²) in [4.78, 5) is 23.9. The fourth-order valence-electron chi connectivity index (χ4n) is 2.49. The highest BCUT2D eigenvalue weighted by Crippen LogP contribution is 2.29. The van der Waals surface area contributed by atoms with Crippen LogP contribution in [0.1, 0.15) is 12.5 Å². The first-order valence-corrected chi connectivity index (χ1v) is 8.88. The molecule has 1 unspecified atom stereocenters. The van der Waals surface area contributed by atoms with Crippen molar-refractivity contribution in [1.29, 1.82) is 0 Å². The van der Waals surface area contributed by atoms with Crippen LogP contribution in [0.4, 0.5) is 11.4 Å². The van der Waals surface area contributed by atoms with E-state index in [1.165, 1.54) is 25.3 Å². The number of likely N-dealkylation sites (N-methyl/N-ethyl adjacent to an activating group) is 1. The van der Waals surface area contributed by atoms with Crippen molar-refractivity contribution in [3.8, 4) is 5.75 Å². The molecule has 0 aliphatic carbocycles. The van der Waals surface area contributed by atoms with E-state index in [1.54, 1.807) is 19.1 Å². The minimum Gasteiger partial charge on any atom is -0.494 e. The standard InChI is InChI=1S/C18H19Cl2N3O4/c1-11(22(2)10-12-4-6-14(19)15(20)8-12)18(24)21-16-7-5-13(23(25)26)9-17(16)27-3/h4-9,11H,10H2,1-3H3,(H,21,24)/p+1/t11-/m1/s1. The van der Waals surface area contributed by atoms with Crippen molar-refractivity contribution in [1.82, 2.24) is 0 Å². The zero-order valence-electron chi connectivity index (χ0n) is 15.1. The van der Waals surface area contributed by atoms with E-state index < -0.39 is 4.92 Å². The predicted octanol–water partition coefficient (Wildman–Crippen LogP) is 2.95. The first kappa shape index (κ1) is 21.0. The summed E-state index contributed by atoms with van der Waals surface area (Å²) >= 11 is 12.0. The van der Waals surface area contributed by atoms with Gasteiger partial charge in [-0.2, -0.15) is 0 Å². The molecule has 0 radical (unpaired) electrons. The van der Waals surface area contributed by atoms with Gasteiger partial charge < -0.3 is 15.0 Å². The molecule has 144 valence electrons. The molecule has 2 N–H and O–H groups in total. The highest BCUT2D eigenvalue weighted by molar-refractivity contribution is 6.42. The van der Waals surface area contributed by atoms with Crippen LogP contribution in [-0.2, 0) is 11.3 Å². The van der Waals surface area contributed by atoms with Crippen molar-refractivity contribution in [2.24, 2.45) is 0 Å². The topological polar surface area (TPSA) is 85.9 Å². The summed E-state index contributed by atoms with van der Waals surface area (Å²) in [6, 6.07) is 9.01. The van der Waals surface area contributed by atoms with E-state index in [2.05, 4.69) is 5.32 Å². The molecular weight excluding hydrogens is 393 g/mol. The molecular formula is C18H20Cl2N3O4+. The molecule has 0 fully saturated rings. The molecule has 0 aliphatic rings. The van der Waals surface area contributed by atoms with Crippen molar-refractivity contribution in [2.75, 3.05) is 19.5 Å². The van der Waals surface area contributed by atoms with Crippen LogP contribution in [0.2, 0.25) is 10.0 Å². The molecule has 27 heavy (non-hydrogen) atoms. The van der Waals surface area contributed by atoms with Crippen LogP contribution in [0.15, 0.2) is 36.4 Å². The fraction of sp³-hybridized carbons (Fsp3) is 0.278. The molecule has 0 aromatic heterocycles. The summed E-state index contributed by atoms with van der Waals surface area (Å²) in [7, 11) is 3.28. The van der Waals surface area contributed by atoms with Crippen LogP contribution in [0, 0.1) is 10.1 Å². The predicted molar refractivity (Wildman–Crippen MR) is 105 cm³/mol. The molecule has 0 bridgehead atoms. The van der Waals surface area contributed by atoms with Crippen molar-refractivity contribution in [3.05, 3.63) is 62.1 Å². The van der Waals surface area contributed by atoms with Crippen molar-refractivity contribution >= 4 is 40.5 Å². The van der Waals surface area contributed by atoms with Gasteiger partial charge in [-0.25, -0.2) is 0 Å². The van der Waals surface area contributed by atoms with Gasteiger partial charge in [-0.3, -0.25) is 14.9 Å². The minimum atomic E-state index is -0.522. The largest absolute Gasteiger partial charge is 0.494 e. The van der Waals surface area contributed by atoms with Gasteiger partial charge >= 0.3 is 0 Å². The lowest BCUT2D eigenvalue weighted by atomic mass is 10.1. The van der Waals surface area contributed by atoms with E-state index in [4.69, 9.17) is 27.9 Å². The van der Waals surface area contributed by atoms with Gasteiger partial charge in [0.15, 0.2) is 6.04 Å². The second-order valence-electron chi connectivity index (χ2n) is 6.12. The molecule has 0 heterocycles. The van der Waals surface area contributed by atoms with E-state index >= 15 is 0 Å². The Bertz CT molecular complexity index is 860. The number of non-ortho nitro benzene ring substituents is 1. The van der Waals surface area contributed by atoms with E-state index in [0.717, 1.165) is 10.5 Å². The average Bonchev–Trinajstić information content (AvgIpc) is 2.64. The number of anilines is 1. The quantitative estimate of drug-likeness (QED) is 0.540. The van der Waals surface area contributed by atoms with Crippen molar-refractivity contribution < 1.29 is 19.4 Å². The molecule has 2 rings (SSSR count). The SMILES string of the molecule is COc1cc([N+](=O)[O-])ccc1NC(=O)[C@@H](C)[NH+](C)Cc1ccc(Cl)c(Cl)c1. The number of nitrogens with one attached hydrogen (secondary N) is 2. The highest BCUT2D eigenvalue weighted by Gasteiger charge is 2.24. The number of hydrogen-bond acceptors (Lipinski definition) is 4. The number of methoxy groups -OCH3 is 1. The maximum Gasteiger partial charge on any atom is 0.282 e. The van der Waals surface area contributed by atoms with Crippen LogP contribution in [0.3, 0.4) is 0 Å². The molecule has 0 saturated carbocycles. The zero-order valence-corrected chi connectivity index (χ0v) is 16.6. The van der Waals surface area contributed by atoms with Crippen LogP contribution >= 0.6 is 23.2 Å². The first-order chi connectivity index (χ1) is 12.7. The maximum absolute atomic E-state index is 12.6. The Balaban J connectivity index is 2.08. The normalized spacial score (nSPS) is 12.9. The third kappa shape index (κ3) is 5.32. The monoisotopic (exact) mass is 412 g/mol. The number of benzene rings is 2. The summed E-state index contributed by atoms with van der Waals surface area (Å²) < 4.78 is 5.14. The second kappa shape index (κ2) is 9.03. The molecule has 2 atom stereocenters. The van der Waals surface area contributed by atoms with Gasteiger partial charge in [0.25, 0.3) is 11.6 Å². The third-order valence-corrected chi connectivity index (χ3v) is 4.99. The molecule has 7 nitrogen and oxygen atoms in total. The number of nitro benzene ring substituents is 1. The molecule has 9 heteroatoms. The van der Waals surface area contributed by atoms with Crippen LogP contribution in [0.25, 0.3) is 0 Å². The molecule has 0 spiro atoms. The number of quaternary nitrogens is 1. The molecule has 0 aliphatic heterocycles. The third-order valence-electron chi connectivity index (χ3n) is 4.25.